The Kier molecular flexibility index (Phi) is 5.34. The average molecular weight is 556 g/mol. The molecule has 0 atom stereocenters. The molecule has 0 N–H and O–H groups in total. The minimum atomic E-state index is -0.403. The van der Waals surface area contributed by atoms with Gasteiger partial charge in [-0.15, -0.1) is 0 Å². The van der Waals surface area contributed by atoms with Crippen molar-refractivity contribution in [3.63, 3.8) is 0 Å². The minimum Gasteiger partial charge on any atom is -0.256 e. The van der Waals surface area contributed by atoms with E-state index in [4.69, 9.17) is 4.98 Å². The Morgan fingerprint density at radius 3 is 1.67 bits per heavy atom. The molecule has 2 aliphatic rings. The summed E-state index contributed by atoms with van der Waals surface area (Å²) < 4.78 is 0. The summed E-state index contributed by atoms with van der Waals surface area (Å²) in [7, 11) is 0. The zero-order valence-corrected chi connectivity index (χ0v) is 25.9. The monoisotopic (exact) mass is 555 g/mol. The predicted molar refractivity (Wildman–Crippen MR) is 181 cm³/mol. The third-order valence-corrected chi connectivity index (χ3v) is 9.86. The van der Waals surface area contributed by atoms with Crippen LogP contribution in [0.4, 0.5) is 0 Å². The number of benzene rings is 5. The molecule has 1 aromatic heterocycles. The first-order chi connectivity index (χ1) is 20.6. The smallest absolute Gasteiger partial charge is 0.0780 e. The van der Waals surface area contributed by atoms with Crippen LogP contribution in [0.2, 0.25) is 0 Å². The Hall–Kier alpha value is -4.49. The summed E-state index contributed by atoms with van der Waals surface area (Å²) in [6.07, 6.45) is 1.95. The molecule has 0 fully saturated rings. The maximum absolute atomic E-state index is 4.95. The lowest BCUT2D eigenvalue weighted by Gasteiger charge is -2.33. The topological polar surface area (TPSA) is 12.9 Å². The third kappa shape index (κ3) is 3.61. The normalized spacial score (nSPS) is 14.5. The van der Waals surface area contributed by atoms with E-state index in [9.17, 15) is 0 Å². The second-order valence-corrected chi connectivity index (χ2v) is 14.5. The first-order valence-electron chi connectivity index (χ1n) is 15.5. The summed E-state index contributed by atoms with van der Waals surface area (Å²) in [5.41, 5.74) is 15.5. The van der Waals surface area contributed by atoms with E-state index >= 15 is 0 Å². The molecular formula is C42H37N. The van der Waals surface area contributed by atoms with E-state index in [2.05, 4.69) is 151 Å². The van der Waals surface area contributed by atoms with Crippen molar-refractivity contribution in [3.05, 3.63) is 149 Å². The maximum Gasteiger partial charge on any atom is 0.0780 e. The number of hydrogen-bond acceptors (Lipinski definition) is 1. The van der Waals surface area contributed by atoms with Gasteiger partial charge in [0.1, 0.15) is 0 Å². The van der Waals surface area contributed by atoms with Crippen molar-refractivity contribution < 1.29 is 0 Å². The van der Waals surface area contributed by atoms with E-state index in [1.165, 1.54) is 66.4 Å². The second-order valence-electron chi connectivity index (χ2n) is 14.5. The Bertz CT molecular complexity index is 2030. The molecule has 0 saturated heterocycles. The van der Waals surface area contributed by atoms with Gasteiger partial charge in [-0.25, -0.2) is 0 Å². The van der Waals surface area contributed by atoms with E-state index in [-0.39, 0.29) is 10.8 Å². The first-order valence-corrected chi connectivity index (χ1v) is 15.5. The molecule has 210 valence electrons. The molecule has 8 rings (SSSR count). The molecule has 0 aliphatic heterocycles. The van der Waals surface area contributed by atoms with Crippen LogP contribution in [0.5, 0.6) is 0 Å². The van der Waals surface area contributed by atoms with E-state index in [1.54, 1.807) is 0 Å². The van der Waals surface area contributed by atoms with Crippen LogP contribution in [0, 0.1) is 0 Å². The van der Waals surface area contributed by atoms with Gasteiger partial charge in [0.2, 0.25) is 0 Å². The molecule has 1 spiro atoms. The first kappa shape index (κ1) is 26.2. The fraction of sp³-hybridized carbons (Fsp3) is 0.214. The van der Waals surface area contributed by atoms with Gasteiger partial charge in [0.25, 0.3) is 0 Å². The minimum absolute atomic E-state index is 0.0389. The van der Waals surface area contributed by atoms with Crippen LogP contribution < -0.4 is 0 Å². The standard InChI is InChI=1S/C42H37N/c1-40(2,3)28-16-19-33-34-20-17-29(41(4,5)6)25-38(34)42(37(33)24-28)35-14-10-9-13-31(35)32-18-15-27(23-36(32)42)39-30-12-8-7-11-26(30)21-22-43-39/h7-25H,1-6H3. The van der Waals surface area contributed by atoms with Crippen LogP contribution in [0.1, 0.15) is 74.9 Å². The van der Waals surface area contributed by atoms with Crippen molar-refractivity contribution in [2.75, 3.05) is 0 Å². The van der Waals surface area contributed by atoms with E-state index in [0.29, 0.717) is 0 Å². The Morgan fingerprint density at radius 2 is 1.02 bits per heavy atom. The Morgan fingerprint density at radius 1 is 0.488 bits per heavy atom. The molecule has 0 radical (unpaired) electrons. The SMILES string of the molecule is CC(C)(C)c1ccc2c(c1)C1(c3ccccc3-c3ccc(-c4nccc5ccccc45)cc31)c1cc(C(C)(C)C)ccc1-2. The molecule has 1 nitrogen and oxygen atoms in total. The molecular weight excluding hydrogens is 518 g/mol. The van der Waals surface area contributed by atoms with Crippen LogP contribution in [0.15, 0.2) is 115 Å². The number of rotatable bonds is 1. The van der Waals surface area contributed by atoms with Gasteiger partial charge in [-0.2, -0.15) is 0 Å². The number of hydrogen-bond donors (Lipinski definition) is 0. The van der Waals surface area contributed by atoms with Crippen LogP contribution >= 0.6 is 0 Å². The van der Waals surface area contributed by atoms with Gasteiger partial charge >= 0.3 is 0 Å². The average Bonchev–Trinajstić information content (AvgIpc) is 3.46. The van der Waals surface area contributed by atoms with Gasteiger partial charge < -0.3 is 0 Å². The van der Waals surface area contributed by atoms with Crippen LogP contribution in [0.3, 0.4) is 0 Å². The Balaban J connectivity index is 1.51. The van der Waals surface area contributed by atoms with E-state index in [0.717, 1.165) is 11.3 Å². The predicted octanol–water partition coefficient (Wildman–Crippen LogP) is 10.8. The maximum atomic E-state index is 4.95. The largest absolute Gasteiger partial charge is 0.256 e. The zero-order valence-electron chi connectivity index (χ0n) is 25.9. The molecule has 1 heterocycles. The van der Waals surface area contributed by atoms with Gasteiger partial charge in [0, 0.05) is 17.1 Å². The van der Waals surface area contributed by atoms with Crippen molar-refractivity contribution in [2.45, 2.75) is 57.8 Å². The molecule has 2 aliphatic carbocycles. The van der Waals surface area contributed by atoms with Crippen LogP contribution in [-0.2, 0) is 16.2 Å². The van der Waals surface area contributed by atoms with Gasteiger partial charge in [0.05, 0.1) is 11.1 Å². The lowest BCUT2D eigenvalue weighted by molar-refractivity contribution is 0.586. The van der Waals surface area contributed by atoms with Crippen molar-refractivity contribution in [1.82, 2.24) is 4.98 Å². The zero-order chi connectivity index (χ0) is 29.7. The highest BCUT2D eigenvalue weighted by Crippen LogP contribution is 2.63. The lowest BCUT2D eigenvalue weighted by Crippen LogP contribution is -2.27. The van der Waals surface area contributed by atoms with Gasteiger partial charge in [-0.1, -0.05) is 139 Å². The highest BCUT2D eigenvalue weighted by Gasteiger charge is 2.52. The van der Waals surface area contributed by atoms with Crippen molar-refractivity contribution in [1.29, 1.82) is 0 Å². The summed E-state index contributed by atoms with van der Waals surface area (Å²) in [6.45, 7) is 13.9. The number of aromatic nitrogens is 1. The summed E-state index contributed by atoms with van der Waals surface area (Å²) in [5.74, 6) is 0. The number of fused-ring (bicyclic) bond motifs is 11. The molecule has 1 heteroatoms. The molecule has 43 heavy (non-hydrogen) atoms. The fourth-order valence-electron chi connectivity index (χ4n) is 7.61. The second kappa shape index (κ2) is 8.77. The van der Waals surface area contributed by atoms with Crippen molar-refractivity contribution in [3.8, 4) is 33.5 Å². The van der Waals surface area contributed by atoms with Crippen molar-refractivity contribution in [2.24, 2.45) is 0 Å². The highest BCUT2D eigenvalue weighted by molar-refractivity contribution is 5.98. The molecule has 0 unspecified atom stereocenters. The molecule has 6 aromatic rings. The number of pyridine rings is 1. The van der Waals surface area contributed by atoms with Gasteiger partial charge in [-0.05, 0) is 84.0 Å². The van der Waals surface area contributed by atoms with Gasteiger partial charge in [0.15, 0.2) is 0 Å². The molecule has 5 aromatic carbocycles. The summed E-state index contributed by atoms with van der Waals surface area (Å²) in [4.78, 5) is 4.95. The summed E-state index contributed by atoms with van der Waals surface area (Å²) >= 11 is 0. The third-order valence-electron chi connectivity index (χ3n) is 9.86. The van der Waals surface area contributed by atoms with Crippen LogP contribution in [-0.4, -0.2) is 4.98 Å². The Labute approximate surface area is 255 Å². The summed E-state index contributed by atoms with van der Waals surface area (Å²) in [6, 6.07) is 41.4. The molecule has 0 saturated carbocycles. The quantitative estimate of drug-likeness (QED) is 0.196. The molecule has 0 amide bonds. The van der Waals surface area contributed by atoms with Gasteiger partial charge in [-0.3, -0.25) is 4.98 Å². The number of nitrogens with zero attached hydrogens (tertiary/aromatic N) is 1. The fourth-order valence-corrected chi connectivity index (χ4v) is 7.61. The lowest BCUT2D eigenvalue weighted by atomic mass is 9.68. The summed E-state index contributed by atoms with van der Waals surface area (Å²) in [5, 5.41) is 2.40. The van der Waals surface area contributed by atoms with Crippen LogP contribution in [0.25, 0.3) is 44.3 Å². The van der Waals surface area contributed by atoms with E-state index in [1.807, 2.05) is 6.20 Å². The highest BCUT2D eigenvalue weighted by atomic mass is 14.7. The van der Waals surface area contributed by atoms with Crippen molar-refractivity contribution >= 4 is 10.8 Å². The van der Waals surface area contributed by atoms with E-state index < -0.39 is 5.41 Å². The molecule has 0 bridgehead atoms.